The van der Waals surface area contributed by atoms with Gasteiger partial charge in [0.15, 0.2) is 0 Å². The minimum absolute atomic E-state index is 0.245. The Hall–Kier alpha value is -2.14. The van der Waals surface area contributed by atoms with Crippen molar-refractivity contribution in [2.24, 2.45) is 0 Å². The summed E-state index contributed by atoms with van der Waals surface area (Å²) in [6, 6.07) is 7.53. The minimum Gasteiger partial charge on any atom is -0.466 e. The van der Waals surface area contributed by atoms with E-state index < -0.39 is 5.60 Å². The molecule has 0 unspecified atom stereocenters. The van der Waals surface area contributed by atoms with E-state index in [2.05, 4.69) is 10.1 Å². The van der Waals surface area contributed by atoms with Crippen molar-refractivity contribution in [2.75, 3.05) is 13.7 Å². The van der Waals surface area contributed by atoms with Crippen LogP contribution in [0.1, 0.15) is 38.8 Å². The zero-order valence-electron chi connectivity index (χ0n) is 15.1. The Morgan fingerprint density at radius 1 is 1.21 bits per heavy atom. The lowest BCUT2D eigenvalue weighted by molar-refractivity contribution is -0.157. The van der Waals surface area contributed by atoms with Gasteiger partial charge in [-0.15, -0.1) is 0 Å². The third kappa shape index (κ3) is 7.92. The average Bonchev–Trinajstić information content (AvgIpc) is 2.52. The number of rotatable bonds is 7. The van der Waals surface area contributed by atoms with E-state index in [0.717, 1.165) is 17.5 Å². The van der Waals surface area contributed by atoms with Crippen LogP contribution in [0.25, 0.3) is 6.08 Å². The number of esters is 2. The van der Waals surface area contributed by atoms with Gasteiger partial charge in [-0.1, -0.05) is 24.3 Å². The standard InChI is InChI=1S/C19H27NO4/c1-14(18(22)24-19(2,3)4)20-13-12-16-8-6-15(7-9-16)10-11-17(21)23-5/h6-11,14,20H,12-13H2,1-5H3/b11-10+/t14-/m0/s1. The fourth-order valence-corrected chi connectivity index (χ4v) is 1.93. The molecule has 0 bridgehead atoms. The molecule has 0 aliphatic heterocycles. The van der Waals surface area contributed by atoms with Crippen LogP contribution in [-0.2, 0) is 25.5 Å². The lowest BCUT2D eigenvalue weighted by Crippen LogP contribution is -2.40. The van der Waals surface area contributed by atoms with Gasteiger partial charge >= 0.3 is 11.9 Å². The molecule has 0 amide bonds. The number of hydrogen-bond donors (Lipinski definition) is 1. The maximum absolute atomic E-state index is 11.9. The number of nitrogens with one attached hydrogen (secondary N) is 1. The van der Waals surface area contributed by atoms with E-state index in [1.54, 1.807) is 13.0 Å². The zero-order chi connectivity index (χ0) is 18.2. The summed E-state index contributed by atoms with van der Waals surface area (Å²) >= 11 is 0. The highest BCUT2D eigenvalue weighted by Gasteiger charge is 2.20. The second kappa shape index (κ2) is 9.23. The van der Waals surface area contributed by atoms with Gasteiger partial charge in [-0.05, 0) is 57.9 Å². The average molecular weight is 333 g/mol. The maximum Gasteiger partial charge on any atom is 0.330 e. The van der Waals surface area contributed by atoms with Gasteiger partial charge in [-0.25, -0.2) is 4.79 Å². The molecule has 0 radical (unpaired) electrons. The van der Waals surface area contributed by atoms with Crippen molar-refractivity contribution in [2.45, 2.75) is 45.8 Å². The van der Waals surface area contributed by atoms with Crippen molar-refractivity contribution in [3.63, 3.8) is 0 Å². The Morgan fingerprint density at radius 3 is 2.38 bits per heavy atom. The molecule has 24 heavy (non-hydrogen) atoms. The van der Waals surface area contributed by atoms with Gasteiger partial charge in [0, 0.05) is 6.08 Å². The van der Waals surface area contributed by atoms with E-state index in [1.807, 2.05) is 45.0 Å². The van der Waals surface area contributed by atoms with Crippen LogP contribution >= 0.6 is 0 Å². The molecule has 0 aliphatic rings. The fourth-order valence-electron chi connectivity index (χ4n) is 1.93. The molecule has 132 valence electrons. The van der Waals surface area contributed by atoms with Crippen LogP contribution in [0.15, 0.2) is 30.3 Å². The predicted molar refractivity (Wildman–Crippen MR) is 94.5 cm³/mol. The number of benzene rings is 1. The lowest BCUT2D eigenvalue weighted by atomic mass is 10.1. The molecule has 0 heterocycles. The summed E-state index contributed by atoms with van der Waals surface area (Å²) in [7, 11) is 1.35. The summed E-state index contributed by atoms with van der Waals surface area (Å²) in [6.07, 6.45) is 3.89. The number of methoxy groups -OCH3 is 1. The first-order chi connectivity index (χ1) is 11.2. The van der Waals surface area contributed by atoms with Crippen molar-refractivity contribution in [3.05, 3.63) is 41.5 Å². The van der Waals surface area contributed by atoms with Gasteiger partial charge < -0.3 is 14.8 Å². The molecular formula is C19H27NO4. The van der Waals surface area contributed by atoms with Crippen LogP contribution in [0.2, 0.25) is 0 Å². The highest BCUT2D eigenvalue weighted by molar-refractivity contribution is 5.86. The monoisotopic (exact) mass is 333 g/mol. The molecule has 1 atom stereocenters. The Balaban J connectivity index is 2.41. The van der Waals surface area contributed by atoms with Crippen molar-refractivity contribution in [3.8, 4) is 0 Å². The molecule has 1 N–H and O–H groups in total. The summed E-state index contributed by atoms with van der Waals surface area (Å²) in [5, 5.41) is 3.17. The second-order valence-electron chi connectivity index (χ2n) is 6.56. The molecule has 0 aliphatic carbocycles. The van der Waals surface area contributed by atoms with Gasteiger partial charge in [-0.3, -0.25) is 4.79 Å². The SMILES string of the molecule is COC(=O)/C=C/c1ccc(CCN[C@@H](C)C(=O)OC(C)(C)C)cc1. The molecule has 0 spiro atoms. The minimum atomic E-state index is -0.472. The summed E-state index contributed by atoms with van der Waals surface area (Å²) in [5.74, 6) is -0.620. The predicted octanol–water partition coefficient (Wildman–Crippen LogP) is 2.74. The van der Waals surface area contributed by atoms with E-state index in [9.17, 15) is 9.59 Å². The molecule has 0 aromatic heterocycles. The Morgan fingerprint density at radius 2 is 1.83 bits per heavy atom. The number of ether oxygens (including phenoxy) is 2. The largest absolute Gasteiger partial charge is 0.466 e. The fraction of sp³-hybridized carbons (Fsp3) is 0.474. The number of carbonyl (C=O) groups excluding carboxylic acids is 2. The Labute approximate surface area is 144 Å². The quantitative estimate of drug-likeness (QED) is 0.614. The van der Waals surface area contributed by atoms with Crippen LogP contribution in [0.3, 0.4) is 0 Å². The van der Waals surface area contributed by atoms with Gasteiger partial charge in [0.25, 0.3) is 0 Å². The van der Waals surface area contributed by atoms with E-state index in [1.165, 1.54) is 13.2 Å². The Kier molecular flexibility index (Phi) is 7.65. The van der Waals surface area contributed by atoms with E-state index in [0.29, 0.717) is 6.54 Å². The molecule has 1 aromatic rings. The molecular weight excluding hydrogens is 306 g/mol. The van der Waals surface area contributed by atoms with Gasteiger partial charge in [-0.2, -0.15) is 0 Å². The second-order valence-corrected chi connectivity index (χ2v) is 6.56. The summed E-state index contributed by atoms with van der Waals surface area (Å²) in [4.78, 5) is 22.9. The molecule has 0 saturated carbocycles. The molecule has 5 heteroatoms. The number of carbonyl (C=O) groups is 2. The van der Waals surface area contributed by atoms with Crippen LogP contribution in [0.4, 0.5) is 0 Å². The third-order valence-electron chi connectivity index (χ3n) is 3.22. The summed E-state index contributed by atoms with van der Waals surface area (Å²) in [6.45, 7) is 8.04. The summed E-state index contributed by atoms with van der Waals surface area (Å²) < 4.78 is 9.88. The molecule has 0 saturated heterocycles. The number of hydrogen-bond acceptors (Lipinski definition) is 5. The lowest BCUT2D eigenvalue weighted by Gasteiger charge is -2.22. The molecule has 1 rings (SSSR count). The first-order valence-corrected chi connectivity index (χ1v) is 8.02. The molecule has 0 fully saturated rings. The van der Waals surface area contributed by atoms with Crippen molar-refractivity contribution in [1.29, 1.82) is 0 Å². The first-order valence-electron chi connectivity index (χ1n) is 8.02. The third-order valence-corrected chi connectivity index (χ3v) is 3.22. The molecule has 5 nitrogen and oxygen atoms in total. The maximum atomic E-state index is 11.9. The van der Waals surface area contributed by atoms with Crippen LogP contribution in [0, 0.1) is 0 Å². The Bertz CT molecular complexity index is 570. The highest BCUT2D eigenvalue weighted by Crippen LogP contribution is 2.09. The van der Waals surface area contributed by atoms with E-state index >= 15 is 0 Å². The first kappa shape index (κ1) is 19.9. The van der Waals surface area contributed by atoms with Crippen LogP contribution in [-0.4, -0.2) is 37.2 Å². The topological polar surface area (TPSA) is 64.6 Å². The summed E-state index contributed by atoms with van der Waals surface area (Å²) in [5.41, 5.74) is 1.61. The van der Waals surface area contributed by atoms with Gasteiger partial charge in [0.1, 0.15) is 11.6 Å². The van der Waals surface area contributed by atoms with E-state index in [-0.39, 0.29) is 18.0 Å². The van der Waals surface area contributed by atoms with Crippen molar-refractivity contribution >= 4 is 18.0 Å². The van der Waals surface area contributed by atoms with Crippen LogP contribution < -0.4 is 5.32 Å². The van der Waals surface area contributed by atoms with Crippen molar-refractivity contribution in [1.82, 2.24) is 5.32 Å². The van der Waals surface area contributed by atoms with Gasteiger partial charge in [0.05, 0.1) is 7.11 Å². The van der Waals surface area contributed by atoms with Crippen LogP contribution in [0.5, 0.6) is 0 Å². The zero-order valence-corrected chi connectivity index (χ0v) is 15.1. The normalized spacial score (nSPS) is 12.9. The highest BCUT2D eigenvalue weighted by atomic mass is 16.6. The smallest absolute Gasteiger partial charge is 0.330 e. The van der Waals surface area contributed by atoms with Gasteiger partial charge in [0.2, 0.25) is 0 Å². The molecule has 1 aromatic carbocycles. The van der Waals surface area contributed by atoms with Crippen molar-refractivity contribution < 1.29 is 19.1 Å². The van der Waals surface area contributed by atoms with E-state index in [4.69, 9.17) is 4.74 Å².